The van der Waals surface area contributed by atoms with E-state index in [2.05, 4.69) is 5.32 Å². The molecule has 0 saturated heterocycles. The second-order valence-corrected chi connectivity index (χ2v) is 5.96. The number of halogens is 1. The molecule has 2 aromatic carbocycles. The molecular formula is C16H12ClNO2S. The van der Waals surface area contributed by atoms with E-state index in [1.807, 2.05) is 29.6 Å². The molecule has 1 atom stereocenters. The predicted octanol–water partition coefficient (Wildman–Crippen LogP) is 4.79. The van der Waals surface area contributed by atoms with Gasteiger partial charge in [0.1, 0.15) is 0 Å². The lowest BCUT2D eigenvalue weighted by atomic mass is 10.1. The molecule has 0 spiro atoms. The van der Waals surface area contributed by atoms with Crippen molar-refractivity contribution < 1.29 is 9.90 Å². The van der Waals surface area contributed by atoms with Gasteiger partial charge in [0.2, 0.25) is 0 Å². The molecule has 2 N–H and O–H groups in total. The lowest BCUT2D eigenvalue weighted by Crippen LogP contribution is -2.20. The van der Waals surface area contributed by atoms with Crippen molar-refractivity contribution in [3.63, 3.8) is 0 Å². The van der Waals surface area contributed by atoms with Crippen LogP contribution in [0.15, 0.2) is 53.9 Å². The van der Waals surface area contributed by atoms with Crippen LogP contribution in [-0.2, 0) is 4.79 Å². The van der Waals surface area contributed by atoms with Crippen molar-refractivity contribution in [2.75, 3.05) is 5.32 Å². The fraction of sp³-hybridized carbons (Fsp3) is 0.0625. The van der Waals surface area contributed by atoms with Gasteiger partial charge in [-0.25, -0.2) is 4.79 Å². The van der Waals surface area contributed by atoms with Crippen molar-refractivity contribution in [3.8, 4) is 0 Å². The largest absolute Gasteiger partial charge is 0.479 e. The third-order valence-corrected chi connectivity index (χ3v) is 4.46. The zero-order valence-corrected chi connectivity index (χ0v) is 12.5. The average Bonchev–Trinajstić information content (AvgIpc) is 2.90. The Kier molecular flexibility index (Phi) is 3.82. The number of anilines is 1. The minimum Gasteiger partial charge on any atom is -0.479 e. The molecule has 0 aliphatic heterocycles. The SMILES string of the molecule is O=C(O)C(Nc1ccc(Cl)cc1)c1csc2ccccc12. The maximum Gasteiger partial charge on any atom is 0.330 e. The number of nitrogens with one attached hydrogen (secondary N) is 1. The van der Waals surface area contributed by atoms with E-state index in [9.17, 15) is 9.90 Å². The third-order valence-electron chi connectivity index (χ3n) is 3.22. The number of aliphatic carboxylic acids is 1. The lowest BCUT2D eigenvalue weighted by molar-refractivity contribution is -0.138. The van der Waals surface area contributed by atoms with E-state index in [1.54, 1.807) is 35.6 Å². The van der Waals surface area contributed by atoms with Crippen LogP contribution >= 0.6 is 22.9 Å². The number of hydrogen-bond acceptors (Lipinski definition) is 3. The van der Waals surface area contributed by atoms with Crippen LogP contribution in [0.2, 0.25) is 5.02 Å². The number of fused-ring (bicyclic) bond motifs is 1. The molecule has 106 valence electrons. The highest BCUT2D eigenvalue weighted by Crippen LogP contribution is 2.32. The van der Waals surface area contributed by atoms with E-state index in [4.69, 9.17) is 11.6 Å². The van der Waals surface area contributed by atoms with Gasteiger partial charge in [0.25, 0.3) is 0 Å². The van der Waals surface area contributed by atoms with Crippen LogP contribution in [-0.4, -0.2) is 11.1 Å². The van der Waals surface area contributed by atoms with Gasteiger partial charge in [0.15, 0.2) is 6.04 Å². The van der Waals surface area contributed by atoms with E-state index in [-0.39, 0.29) is 0 Å². The first-order valence-corrected chi connectivity index (χ1v) is 7.62. The summed E-state index contributed by atoms with van der Waals surface area (Å²) in [5.41, 5.74) is 1.50. The quantitative estimate of drug-likeness (QED) is 0.727. The van der Waals surface area contributed by atoms with Crippen LogP contribution in [0.3, 0.4) is 0 Å². The second-order valence-electron chi connectivity index (χ2n) is 4.61. The van der Waals surface area contributed by atoms with Crippen LogP contribution in [0, 0.1) is 0 Å². The van der Waals surface area contributed by atoms with E-state index < -0.39 is 12.0 Å². The zero-order valence-electron chi connectivity index (χ0n) is 10.9. The van der Waals surface area contributed by atoms with Gasteiger partial charge in [0.05, 0.1) is 0 Å². The Morgan fingerprint density at radius 3 is 2.57 bits per heavy atom. The highest BCUT2D eigenvalue weighted by molar-refractivity contribution is 7.17. The summed E-state index contributed by atoms with van der Waals surface area (Å²) in [6, 6.07) is 14.0. The Morgan fingerprint density at radius 2 is 1.86 bits per heavy atom. The van der Waals surface area contributed by atoms with Crippen LogP contribution in [0.4, 0.5) is 5.69 Å². The standard InChI is InChI=1S/C16H12ClNO2S/c17-10-5-7-11(8-6-10)18-15(16(19)20)13-9-21-14-4-2-1-3-12(13)14/h1-9,15,18H,(H,19,20). The van der Waals surface area contributed by atoms with Crippen molar-refractivity contribution in [1.29, 1.82) is 0 Å². The summed E-state index contributed by atoms with van der Waals surface area (Å²) in [5.74, 6) is -0.909. The topological polar surface area (TPSA) is 49.3 Å². The van der Waals surface area contributed by atoms with E-state index in [0.717, 1.165) is 21.3 Å². The van der Waals surface area contributed by atoms with Crippen molar-refractivity contribution in [2.45, 2.75) is 6.04 Å². The van der Waals surface area contributed by atoms with Gasteiger partial charge < -0.3 is 10.4 Å². The molecule has 5 heteroatoms. The smallest absolute Gasteiger partial charge is 0.330 e. The molecule has 1 heterocycles. The van der Waals surface area contributed by atoms with E-state index in [1.165, 1.54) is 0 Å². The first-order valence-electron chi connectivity index (χ1n) is 6.36. The first kappa shape index (κ1) is 13.9. The fourth-order valence-electron chi connectivity index (χ4n) is 2.21. The molecular weight excluding hydrogens is 306 g/mol. The summed E-state index contributed by atoms with van der Waals surface area (Å²) in [5, 5.41) is 16.1. The van der Waals surface area contributed by atoms with Gasteiger partial charge >= 0.3 is 5.97 Å². The zero-order chi connectivity index (χ0) is 14.8. The first-order chi connectivity index (χ1) is 10.1. The Hall–Kier alpha value is -2.04. The van der Waals surface area contributed by atoms with Crippen LogP contribution < -0.4 is 5.32 Å². The maximum absolute atomic E-state index is 11.6. The van der Waals surface area contributed by atoms with Gasteiger partial charge in [-0.15, -0.1) is 11.3 Å². The van der Waals surface area contributed by atoms with E-state index in [0.29, 0.717) is 5.02 Å². The fourth-order valence-corrected chi connectivity index (χ4v) is 3.32. The minimum absolute atomic E-state index is 0.619. The number of benzene rings is 2. The number of carbonyl (C=O) groups is 1. The summed E-state index contributed by atoms with van der Waals surface area (Å²) in [4.78, 5) is 11.6. The maximum atomic E-state index is 11.6. The van der Waals surface area contributed by atoms with E-state index >= 15 is 0 Å². The summed E-state index contributed by atoms with van der Waals surface area (Å²) in [6.07, 6.45) is 0. The summed E-state index contributed by atoms with van der Waals surface area (Å²) in [6.45, 7) is 0. The monoisotopic (exact) mass is 317 g/mol. The van der Waals surface area contributed by atoms with Gasteiger partial charge in [0, 0.05) is 21.0 Å². The molecule has 3 nitrogen and oxygen atoms in total. The number of rotatable bonds is 4. The molecule has 0 fully saturated rings. The van der Waals surface area contributed by atoms with Crippen molar-refractivity contribution in [3.05, 3.63) is 64.5 Å². The Bertz CT molecular complexity index is 782. The molecule has 21 heavy (non-hydrogen) atoms. The number of carboxylic acids is 1. The second kappa shape index (κ2) is 5.76. The molecule has 0 bridgehead atoms. The molecule has 0 saturated carbocycles. The molecule has 0 aliphatic rings. The molecule has 0 aliphatic carbocycles. The number of carboxylic acid groups (broad SMARTS) is 1. The Morgan fingerprint density at radius 1 is 1.14 bits per heavy atom. The highest BCUT2D eigenvalue weighted by atomic mass is 35.5. The van der Waals surface area contributed by atoms with Gasteiger partial charge in [-0.05, 0) is 41.1 Å². The van der Waals surface area contributed by atoms with Crippen LogP contribution in [0.25, 0.3) is 10.1 Å². The number of hydrogen-bond donors (Lipinski definition) is 2. The molecule has 3 rings (SSSR count). The van der Waals surface area contributed by atoms with Gasteiger partial charge in [-0.3, -0.25) is 0 Å². The van der Waals surface area contributed by atoms with Crippen LogP contribution in [0.1, 0.15) is 11.6 Å². The van der Waals surface area contributed by atoms with Crippen molar-refractivity contribution >= 4 is 44.7 Å². The number of thiophene rings is 1. The predicted molar refractivity (Wildman–Crippen MR) is 87.3 cm³/mol. The van der Waals surface area contributed by atoms with Gasteiger partial charge in [-0.1, -0.05) is 29.8 Å². The minimum atomic E-state index is -0.909. The highest BCUT2D eigenvalue weighted by Gasteiger charge is 2.22. The summed E-state index contributed by atoms with van der Waals surface area (Å²) in [7, 11) is 0. The normalized spacial score (nSPS) is 12.2. The molecule has 3 aromatic rings. The third kappa shape index (κ3) is 2.86. The molecule has 0 amide bonds. The average molecular weight is 318 g/mol. The van der Waals surface area contributed by atoms with Gasteiger partial charge in [-0.2, -0.15) is 0 Å². The molecule has 0 radical (unpaired) electrons. The Labute approximate surface area is 130 Å². The lowest BCUT2D eigenvalue weighted by Gasteiger charge is -2.15. The van der Waals surface area contributed by atoms with Crippen LogP contribution in [0.5, 0.6) is 0 Å². The molecule has 1 aromatic heterocycles. The molecule has 1 unspecified atom stereocenters. The summed E-state index contributed by atoms with van der Waals surface area (Å²) < 4.78 is 1.08. The summed E-state index contributed by atoms with van der Waals surface area (Å²) >= 11 is 7.39. The Balaban J connectivity index is 1.98. The van der Waals surface area contributed by atoms with Crippen molar-refractivity contribution in [1.82, 2.24) is 0 Å². The van der Waals surface area contributed by atoms with Crippen molar-refractivity contribution in [2.24, 2.45) is 0 Å².